The Balaban J connectivity index is 2.42. The lowest BCUT2D eigenvalue weighted by atomic mass is 9.67. The summed E-state index contributed by atoms with van der Waals surface area (Å²) in [7, 11) is 0. The van der Waals surface area contributed by atoms with E-state index < -0.39 is 29.2 Å². The molecule has 0 aromatic carbocycles. The van der Waals surface area contributed by atoms with Gasteiger partial charge in [0.2, 0.25) is 0 Å². The van der Waals surface area contributed by atoms with Crippen molar-refractivity contribution in [2.45, 2.75) is 38.2 Å². The van der Waals surface area contributed by atoms with Crippen LogP contribution in [0.5, 0.6) is 0 Å². The molecule has 4 N–H and O–H groups in total. The van der Waals surface area contributed by atoms with Gasteiger partial charge in [-0.3, -0.25) is 14.3 Å². The Hall–Kier alpha value is -1.44. The number of aromatic nitrogens is 2. The molecule has 0 aliphatic heterocycles. The molecule has 1 aliphatic rings. The van der Waals surface area contributed by atoms with Crippen molar-refractivity contribution < 1.29 is 15.3 Å². The Bertz CT molecular complexity index is 578. The molecule has 7 heteroatoms. The van der Waals surface area contributed by atoms with E-state index >= 15 is 0 Å². The van der Waals surface area contributed by atoms with Gasteiger partial charge < -0.3 is 15.3 Å². The van der Waals surface area contributed by atoms with E-state index in [1.54, 1.807) is 6.92 Å². The lowest BCUT2D eigenvalue weighted by molar-refractivity contribution is -0.250. The molecule has 18 heavy (non-hydrogen) atoms. The molecule has 0 bridgehead atoms. The van der Waals surface area contributed by atoms with Crippen molar-refractivity contribution in [2.24, 2.45) is 5.92 Å². The smallest absolute Gasteiger partial charge is 0.330 e. The normalized spacial score (nSPS) is 32.9. The number of aliphatic hydroxyl groups excluding tert-OH is 2. The quantitative estimate of drug-likeness (QED) is 0.512. The highest BCUT2D eigenvalue weighted by atomic mass is 16.4. The van der Waals surface area contributed by atoms with Crippen molar-refractivity contribution in [3.05, 3.63) is 32.6 Å². The zero-order valence-corrected chi connectivity index (χ0v) is 10.1. The van der Waals surface area contributed by atoms with Crippen molar-refractivity contribution >= 4 is 0 Å². The standard InChI is InChI=1S/C11H16N2O5/c1-5-3-11(18,7(5)14)9(16)13-4-6(2)8(15)12-10(13)17/h4-5,7,9,14,16,18H,3H2,1-2H3,(H,12,15,17)/t5?,7?,9?,11-/m0/s1. The van der Waals surface area contributed by atoms with Gasteiger partial charge in [0.25, 0.3) is 5.56 Å². The summed E-state index contributed by atoms with van der Waals surface area (Å²) in [5.74, 6) is -0.149. The minimum absolute atomic E-state index is 0.149. The van der Waals surface area contributed by atoms with Crippen LogP contribution in [0.25, 0.3) is 0 Å². The fraction of sp³-hybridized carbons (Fsp3) is 0.636. The molecule has 1 aliphatic carbocycles. The number of H-pyrrole nitrogens is 1. The summed E-state index contributed by atoms with van der Waals surface area (Å²) in [4.78, 5) is 24.8. The van der Waals surface area contributed by atoms with Crippen LogP contribution in [0, 0.1) is 12.8 Å². The number of nitrogens with zero attached hydrogens (tertiary/aromatic N) is 1. The van der Waals surface area contributed by atoms with Crippen LogP contribution in [0.4, 0.5) is 0 Å². The fourth-order valence-electron chi connectivity index (χ4n) is 2.35. The van der Waals surface area contributed by atoms with Crippen LogP contribution in [0.3, 0.4) is 0 Å². The van der Waals surface area contributed by atoms with Crippen molar-refractivity contribution in [1.82, 2.24) is 9.55 Å². The third-order valence-corrected chi connectivity index (χ3v) is 3.56. The highest BCUT2D eigenvalue weighted by Crippen LogP contribution is 2.43. The maximum Gasteiger partial charge on any atom is 0.330 e. The number of hydrogen-bond acceptors (Lipinski definition) is 5. The van der Waals surface area contributed by atoms with E-state index in [2.05, 4.69) is 0 Å². The first-order valence-corrected chi connectivity index (χ1v) is 5.68. The molecular formula is C11H16N2O5. The zero-order chi connectivity index (χ0) is 13.7. The lowest BCUT2D eigenvalue weighted by Crippen LogP contribution is -2.63. The monoisotopic (exact) mass is 256 g/mol. The fourth-order valence-corrected chi connectivity index (χ4v) is 2.35. The number of aliphatic hydroxyl groups is 3. The van der Waals surface area contributed by atoms with Gasteiger partial charge in [-0.25, -0.2) is 4.79 Å². The molecule has 7 nitrogen and oxygen atoms in total. The number of rotatable bonds is 2. The van der Waals surface area contributed by atoms with Crippen LogP contribution in [0.15, 0.2) is 15.8 Å². The van der Waals surface area contributed by atoms with Crippen molar-refractivity contribution in [3.8, 4) is 0 Å². The SMILES string of the molecule is Cc1cn(C(O)[C@]2(O)CC(C)C2O)c(=O)[nH]c1=O. The van der Waals surface area contributed by atoms with Crippen LogP contribution >= 0.6 is 0 Å². The zero-order valence-electron chi connectivity index (χ0n) is 10.1. The van der Waals surface area contributed by atoms with E-state index in [4.69, 9.17) is 0 Å². The summed E-state index contributed by atoms with van der Waals surface area (Å²) in [6, 6.07) is 0. The predicted molar refractivity (Wildman–Crippen MR) is 62.1 cm³/mol. The Morgan fingerprint density at radius 3 is 2.67 bits per heavy atom. The topological polar surface area (TPSA) is 116 Å². The van der Waals surface area contributed by atoms with Crippen LogP contribution in [0.2, 0.25) is 0 Å². The minimum Gasteiger partial charge on any atom is -0.390 e. The molecule has 1 aromatic heterocycles. The summed E-state index contributed by atoms with van der Waals surface area (Å²) in [6.45, 7) is 3.21. The van der Waals surface area contributed by atoms with Crippen molar-refractivity contribution in [2.75, 3.05) is 0 Å². The van der Waals surface area contributed by atoms with Gasteiger partial charge in [-0.15, -0.1) is 0 Å². The molecular weight excluding hydrogens is 240 g/mol. The molecule has 2 rings (SSSR count). The first-order valence-electron chi connectivity index (χ1n) is 5.68. The van der Waals surface area contributed by atoms with Gasteiger partial charge in [0.1, 0.15) is 5.60 Å². The van der Waals surface area contributed by atoms with Crippen LogP contribution in [0.1, 0.15) is 25.1 Å². The van der Waals surface area contributed by atoms with Gasteiger partial charge in [0.15, 0.2) is 6.23 Å². The maximum absolute atomic E-state index is 11.6. The predicted octanol–water partition coefficient (Wildman–Crippen LogP) is -1.53. The molecule has 3 unspecified atom stereocenters. The van der Waals surface area contributed by atoms with Crippen molar-refractivity contribution in [1.29, 1.82) is 0 Å². The Kier molecular flexibility index (Phi) is 2.92. The lowest BCUT2D eigenvalue weighted by Gasteiger charge is -2.49. The Labute approximate surface area is 102 Å². The summed E-state index contributed by atoms with van der Waals surface area (Å²) in [5.41, 5.74) is -2.89. The first-order chi connectivity index (χ1) is 8.27. The van der Waals surface area contributed by atoms with Gasteiger partial charge in [-0.05, 0) is 19.3 Å². The molecule has 100 valence electrons. The summed E-state index contributed by atoms with van der Waals surface area (Å²) in [5, 5.41) is 29.8. The number of nitrogens with one attached hydrogen (secondary N) is 1. The van der Waals surface area contributed by atoms with Gasteiger partial charge in [0, 0.05) is 11.8 Å². The number of hydrogen-bond donors (Lipinski definition) is 4. The second-order valence-electron chi connectivity index (χ2n) is 4.97. The van der Waals surface area contributed by atoms with Gasteiger partial charge >= 0.3 is 5.69 Å². The molecule has 1 fully saturated rings. The summed E-state index contributed by atoms with van der Waals surface area (Å²) in [6.07, 6.45) is -1.35. The third-order valence-electron chi connectivity index (χ3n) is 3.56. The van der Waals surface area contributed by atoms with Crippen LogP contribution < -0.4 is 11.2 Å². The van der Waals surface area contributed by atoms with E-state index in [0.717, 1.165) is 4.57 Å². The molecule has 4 atom stereocenters. The summed E-state index contributed by atoms with van der Waals surface area (Å²) < 4.78 is 0.825. The average molecular weight is 256 g/mol. The number of aryl methyl sites for hydroxylation is 1. The van der Waals surface area contributed by atoms with E-state index in [9.17, 15) is 24.9 Å². The molecule has 0 spiro atoms. The maximum atomic E-state index is 11.6. The van der Waals surface area contributed by atoms with E-state index in [-0.39, 0.29) is 17.9 Å². The average Bonchev–Trinajstić information content (AvgIpc) is 2.32. The van der Waals surface area contributed by atoms with E-state index in [1.807, 2.05) is 4.98 Å². The van der Waals surface area contributed by atoms with Gasteiger partial charge in [-0.2, -0.15) is 0 Å². The van der Waals surface area contributed by atoms with E-state index in [1.165, 1.54) is 13.1 Å². The molecule has 1 aromatic rings. The van der Waals surface area contributed by atoms with Gasteiger partial charge in [-0.1, -0.05) is 6.92 Å². The largest absolute Gasteiger partial charge is 0.390 e. The Morgan fingerprint density at radius 1 is 1.56 bits per heavy atom. The third kappa shape index (κ3) is 1.71. The molecule has 0 amide bonds. The second kappa shape index (κ2) is 4.04. The van der Waals surface area contributed by atoms with Crippen LogP contribution in [-0.2, 0) is 0 Å². The minimum atomic E-state index is -1.76. The number of aromatic amines is 1. The molecule has 1 heterocycles. The van der Waals surface area contributed by atoms with Crippen LogP contribution in [-0.4, -0.2) is 36.6 Å². The van der Waals surface area contributed by atoms with E-state index in [0.29, 0.717) is 0 Å². The summed E-state index contributed by atoms with van der Waals surface area (Å²) >= 11 is 0. The highest BCUT2D eigenvalue weighted by molar-refractivity contribution is 5.07. The van der Waals surface area contributed by atoms with Crippen molar-refractivity contribution in [3.63, 3.8) is 0 Å². The van der Waals surface area contributed by atoms with Gasteiger partial charge in [0.05, 0.1) is 6.10 Å². The molecule has 0 saturated heterocycles. The first kappa shape index (κ1) is 13.0. The molecule has 1 saturated carbocycles. The second-order valence-corrected chi connectivity index (χ2v) is 4.97. The highest BCUT2D eigenvalue weighted by Gasteiger charge is 2.55. The Morgan fingerprint density at radius 2 is 2.17 bits per heavy atom. The molecule has 0 radical (unpaired) electrons.